The van der Waals surface area contributed by atoms with Gasteiger partial charge in [0.1, 0.15) is 5.25 Å². The highest BCUT2D eigenvalue weighted by Gasteiger charge is 2.32. The van der Waals surface area contributed by atoms with Crippen molar-refractivity contribution in [3.05, 3.63) is 29.8 Å². The lowest BCUT2D eigenvalue weighted by atomic mass is 10.2. The molecular formula is C17H17N5O5S2. The zero-order valence-electron chi connectivity index (χ0n) is 15.3. The van der Waals surface area contributed by atoms with Crippen molar-refractivity contribution in [2.45, 2.75) is 18.6 Å². The van der Waals surface area contributed by atoms with E-state index in [0.717, 1.165) is 11.8 Å². The summed E-state index contributed by atoms with van der Waals surface area (Å²) in [4.78, 5) is 47.0. The number of carbonyl (C=O) groups is 4. The Labute approximate surface area is 174 Å². The highest BCUT2D eigenvalue weighted by molar-refractivity contribution is 8.15. The van der Waals surface area contributed by atoms with Gasteiger partial charge in [-0.05, 0) is 31.2 Å². The molecule has 29 heavy (non-hydrogen) atoms. The van der Waals surface area contributed by atoms with E-state index in [-0.39, 0.29) is 41.7 Å². The predicted octanol–water partition coefficient (Wildman–Crippen LogP) is 0.913. The molecule has 0 unspecified atom stereocenters. The molecule has 3 rings (SSSR count). The molecule has 3 amide bonds. The maximum Gasteiger partial charge on any atom is 0.338 e. The fourth-order valence-electron chi connectivity index (χ4n) is 2.34. The molecule has 1 aromatic rings. The van der Waals surface area contributed by atoms with E-state index < -0.39 is 11.2 Å². The standard InChI is InChI=1S/C17H17N5O5S2/c1-2-27-15(26)9-3-5-10(6-4-9)18-12(23)7-11-14(25)20-17(29-11)22-21-16-19-13(24)8-28-16/h3-6,11H,2,7-8H2,1H3,(H,18,23)(H,19,21,24)(H,20,22,25)/t11-/m0/s1. The van der Waals surface area contributed by atoms with Gasteiger partial charge in [0.2, 0.25) is 17.7 Å². The van der Waals surface area contributed by atoms with Crippen molar-refractivity contribution in [3.63, 3.8) is 0 Å². The first-order chi connectivity index (χ1) is 13.9. The number of nitrogens with one attached hydrogen (secondary N) is 3. The van der Waals surface area contributed by atoms with Gasteiger partial charge >= 0.3 is 5.97 Å². The fourth-order valence-corrected chi connectivity index (χ4v) is 3.88. The Kier molecular flexibility index (Phi) is 6.88. The maximum absolute atomic E-state index is 12.2. The Morgan fingerprint density at radius 3 is 2.55 bits per heavy atom. The van der Waals surface area contributed by atoms with E-state index >= 15 is 0 Å². The monoisotopic (exact) mass is 435 g/mol. The number of hydrogen-bond donors (Lipinski definition) is 3. The van der Waals surface area contributed by atoms with Crippen molar-refractivity contribution in [2.24, 2.45) is 10.2 Å². The van der Waals surface area contributed by atoms with Gasteiger partial charge in [0.25, 0.3) is 0 Å². The number of nitrogens with zero attached hydrogens (tertiary/aromatic N) is 2. The number of thioether (sulfide) groups is 2. The van der Waals surface area contributed by atoms with Crippen LogP contribution >= 0.6 is 23.5 Å². The third-order valence-electron chi connectivity index (χ3n) is 3.65. The van der Waals surface area contributed by atoms with E-state index in [0.29, 0.717) is 16.4 Å². The van der Waals surface area contributed by atoms with Gasteiger partial charge in [0, 0.05) is 12.1 Å². The third kappa shape index (κ3) is 5.81. The minimum absolute atomic E-state index is 0.0583. The lowest BCUT2D eigenvalue weighted by Crippen LogP contribution is -2.28. The molecule has 2 fully saturated rings. The van der Waals surface area contributed by atoms with Crippen LogP contribution in [0.3, 0.4) is 0 Å². The summed E-state index contributed by atoms with van der Waals surface area (Å²) in [6, 6.07) is 6.27. The Balaban J connectivity index is 1.52. The van der Waals surface area contributed by atoms with Crippen LogP contribution in [0.2, 0.25) is 0 Å². The van der Waals surface area contributed by atoms with Crippen LogP contribution < -0.4 is 16.0 Å². The summed E-state index contributed by atoms with van der Waals surface area (Å²) in [6.07, 6.45) is -0.0583. The van der Waals surface area contributed by atoms with Gasteiger partial charge in [-0.3, -0.25) is 14.4 Å². The van der Waals surface area contributed by atoms with Crippen LogP contribution in [0.4, 0.5) is 5.69 Å². The SMILES string of the molecule is CCOC(=O)c1ccc(NC(=O)C[C@@H]2SC(=NN=C3NC(=O)CS3)NC2=O)cc1. The van der Waals surface area contributed by atoms with Gasteiger partial charge in [0.15, 0.2) is 10.3 Å². The molecule has 0 radical (unpaired) electrons. The van der Waals surface area contributed by atoms with Crippen LogP contribution in [0.15, 0.2) is 34.5 Å². The summed E-state index contributed by atoms with van der Waals surface area (Å²) >= 11 is 2.31. The third-order valence-corrected chi connectivity index (χ3v) is 5.58. The highest BCUT2D eigenvalue weighted by Crippen LogP contribution is 2.23. The first kappa shape index (κ1) is 20.9. The fraction of sp³-hybridized carbons (Fsp3) is 0.294. The molecule has 0 aromatic heterocycles. The van der Waals surface area contributed by atoms with Crippen molar-refractivity contribution < 1.29 is 23.9 Å². The van der Waals surface area contributed by atoms with Crippen molar-refractivity contribution >= 4 is 63.2 Å². The summed E-state index contributed by atoms with van der Waals surface area (Å²) in [5, 5.41) is 15.5. The molecular weight excluding hydrogens is 418 g/mol. The minimum Gasteiger partial charge on any atom is -0.462 e. The number of amidine groups is 2. The smallest absolute Gasteiger partial charge is 0.338 e. The minimum atomic E-state index is -0.640. The average Bonchev–Trinajstić information content (AvgIpc) is 3.26. The molecule has 2 heterocycles. The van der Waals surface area contributed by atoms with Crippen LogP contribution in [-0.2, 0) is 19.1 Å². The number of amides is 3. The van der Waals surface area contributed by atoms with Gasteiger partial charge in [0.05, 0.1) is 17.9 Å². The van der Waals surface area contributed by atoms with Crippen LogP contribution in [-0.4, -0.2) is 51.6 Å². The van der Waals surface area contributed by atoms with E-state index in [2.05, 4.69) is 26.2 Å². The van der Waals surface area contributed by atoms with Gasteiger partial charge in [-0.25, -0.2) is 4.79 Å². The van der Waals surface area contributed by atoms with E-state index in [4.69, 9.17) is 4.74 Å². The van der Waals surface area contributed by atoms with Crippen molar-refractivity contribution in [1.82, 2.24) is 10.6 Å². The second kappa shape index (κ2) is 9.56. The molecule has 3 N–H and O–H groups in total. The zero-order chi connectivity index (χ0) is 20.8. The number of carbonyl (C=O) groups excluding carboxylic acids is 4. The second-order valence-corrected chi connectivity index (χ2v) is 7.95. The van der Waals surface area contributed by atoms with E-state index in [1.54, 1.807) is 31.2 Å². The molecule has 2 saturated heterocycles. The lowest BCUT2D eigenvalue weighted by molar-refractivity contribution is -0.122. The van der Waals surface area contributed by atoms with Gasteiger partial charge < -0.3 is 20.7 Å². The molecule has 0 bridgehead atoms. The van der Waals surface area contributed by atoms with Crippen molar-refractivity contribution in [1.29, 1.82) is 0 Å². The Bertz CT molecular complexity index is 900. The second-order valence-electron chi connectivity index (χ2n) is 5.79. The molecule has 2 aliphatic rings. The van der Waals surface area contributed by atoms with E-state index in [9.17, 15) is 19.2 Å². The number of esters is 1. The maximum atomic E-state index is 12.2. The first-order valence-electron chi connectivity index (χ1n) is 8.57. The number of ether oxygens (including phenoxy) is 1. The number of benzene rings is 1. The molecule has 2 aliphatic heterocycles. The molecule has 12 heteroatoms. The number of hydrogen-bond acceptors (Lipinski definition) is 9. The van der Waals surface area contributed by atoms with Gasteiger partial charge in [-0.1, -0.05) is 23.5 Å². The molecule has 10 nitrogen and oxygen atoms in total. The van der Waals surface area contributed by atoms with Crippen LogP contribution in [0.25, 0.3) is 0 Å². The Morgan fingerprint density at radius 1 is 1.17 bits per heavy atom. The normalized spacial score (nSPS) is 21.2. The highest BCUT2D eigenvalue weighted by atomic mass is 32.2. The summed E-state index contributed by atoms with van der Waals surface area (Å²) < 4.78 is 4.90. The molecule has 1 atom stereocenters. The zero-order valence-corrected chi connectivity index (χ0v) is 16.9. The van der Waals surface area contributed by atoms with Crippen molar-refractivity contribution in [2.75, 3.05) is 17.7 Å². The molecule has 0 spiro atoms. The quantitative estimate of drug-likeness (QED) is 0.446. The summed E-state index contributed by atoms with van der Waals surface area (Å²) in [7, 11) is 0. The Hall–Kier alpha value is -2.86. The topological polar surface area (TPSA) is 138 Å². The van der Waals surface area contributed by atoms with Gasteiger partial charge in [-0.15, -0.1) is 10.2 Å². The molecule has 152 valence electrons. The largest absolute Gasteiger partial charge is 0.462 e. The number of anilines is 1. The molecule has 1 aromatic carbocycles. The van der Waals surface area contributed by atoms with E-state index in [1.165, 1.54) is 11.8 Å². The molecule has 0 aliphatic carbocycles. The van der Waals surface area contributed by atoms with Crippen LogP contribution in [0, 0.1) is 0 Å². The summed E-state index contributed by atoms with van der Waals surface area (Å²) in [6.45, 7) is 2.00. The summed E-state index contributed by atoms with van der Waals surface area (Å²) in [5.74, 6) is -0.998. The number of rotatable bonds is 6. The Morgan fingerprint density at radius 2 is 1.90 bits per heavy atom. The van der Waals surface area contributed by atoms with Crippen LogP contribution in [0.1, 0.15) is 23.7 Å². The van der Waals surface area contributed by atoms with Crippen LogP contribution in [0.5, 0.6) is 0 Å². The van der Waals surface area contributed by atoms with Gasteiger partial charge in [-0.2, -0.15) is 0 Å². The predicted molar refractivity (Wildman–Crippen MR) is 111 cm³/mol. The average molecular weight is 435 g/mol. The van der Waals surface area contributed by atoms with Crippen molar-refractivity contribution in [3.8, 4) is 0 Å². The molecule has 0 saturated carbocycles. The van der Waals surface area contributed by atoms with E-state index in [1.807, 2.05) is 0 Å². The first-order valence-corrected chi connectivity index (χ1v) is 10.4. The lowest BCUT2D eigenvalue weighted by Gasteiger charge is -2.08. The summed E-state index contributed by atoms with van der Waals surface area (Å²) in [5.41, 5.74) is 0.885.